The van der Waals surface area contributed by atoms with E-state index in [0.29, 0.717) is 0 Å². The molecule has 0 amide bonds. The smallest absolute Gasteiger partial charge is 0.107 e. The zero-order chi connectivity index (χ0) is 11.3. The van der Waals surface area contributed by atoms with E-state index in [-0.39, 0.29) is 0 Å². The number of hydrogen-bond acceptors (Lipinski definition) is 3. The maximum Gasteiger partial charge on any atom is 0.107 e. The van der Waals surface area contributed by atoms with Crippen LogP contribution in [0.3, 0.4) is 0 Å². The molecular formula is C10H16BrClN2S. The number of nitrogens with one attached hydrogen (secondary N) is 1. The third-order valence-corrected chi connectivity index (χ3v) is 4.55. The van der Waals surface area contributed by atoms with E-state index < -0.39 is 0 Å². The van der Waals surface area contributed by atoms with Crippen molar-refractivity contribution in [2.45, 2.75) is 13.0 Å². The van der Waals surface area contributed by atoms with Crippen molar-refractivity contribution in [1.29, 1.82) is 0 Å². The molecule has 0 fully saturated rings. The number of hydrogen-bond donors (Lipinski definition) is 1. The minimum atomic E-state index is 0.841. The molecule has 1 N–H and O–H groups in total. The van der Waals surface area contributed by atoms with Gasteiger partial charge in [0.2, 0.25) is 0 Å². The van der Waals surface area contributed by atoms with Crippen molar-refractivity contribution < 1.29 is 0 Å². The van der Waals surface area contributed by atoms with Gasteiger partial charge < -0.3 is 10.2 Å². The lowest BCUT2D eigenvalue weighted by Gasteiger charge is -2.14. The highest BCUT2D eigenvalue weighted by Crippen LogP contribution is 2.32. The largest absolute Gasteiger partial charge is 0.320 e. The summed E-state index contributed by atoms with van der Waals surface area (Å²) in [5, 5.41) is 3.15. The Morgan fingerprint density at radius 3 is 2.87 bits per heavy atom. The molecule has 0 atom stereocenters. The second-order valence-corrected chi connectivity index (χ2v) is 6.12. The van der Waals surface area contributed by atoms with Crippen molar-refractivity contribution in [3.05, 3.63) is 19.8 Å². The van der Waals surface area contributed by atoms with Crippen LogP contribution in [0.25, 0.3) is 0 Å². The Morgan fingerprint density at radius 2 is 2.33 bits per heavy atom. The molecule has 0 aliphatic heterocycles. The number of rotatable bonds is 6. The number of nitrogens with zero attached hydrogens (tertiary/aromatic N) is 1. The van der Waals surface area contributed by atoms with Gasteiger partial charge in [0.1, 0.15) is 4.34 Å². The maximum absolute atomic E-state index is 5.98. The molecule has 0 aromatic carbocycles. The van der Waals surface area contributed by atoms with Crippen molar-refractivity contribution in [3.63, 3.8) is 0 Å². The number of halogens is 2. The van der Waals surface area contributed by atoms with Gasteiger partial charge in [-0.25, -0.2) is 0 Å². The van der Waals surface area contributed by atoms with Gasteiger partial charge in [0.15, 0.2) is 0 Å². The molecule has 0 aliphatic carbocycles. The van der Waals surface area contributed by atoms with E-state index in [0.717, 1.165) is 28.4 Å². The van der Waals surface area contributed by atoms with E-state index in [1.165, 1.54) is 11.3 Å². The van der Waals surface area contributed by atoms with Gasteiger partial charge in [-0.05, 0) is 55.6 Å². The first-order valence-corrected chi connectivity index (χ1v) is 6.89. The van der Waals surface area contributed by atoms with Gasteiger partial charge in [-0.3, -0.25) is 0 Å². The highest BCUT2D eigenvalue weighted by molar-refractivity contribution is 9.10. The molecule has 0 saturated carbocycles. The lowest BCUT2D eigenvalue weighted by atomic mass is 10.3. The third kappa shape index (κ3) is 4.83. The molecule has 0 bridgehead atoms. The summed E-state index contributed by atoms with van der Waals surface area (Å²) in [4.78, 5) is 3.62. The molecule has 1 rings (SSSR count). The predicted octanol–water partition coefficient (Wildman–Crippen LogP) is 3.21. The quantitative estimate of drug-likeness (QED) is 0.812. The van der Waals surface area contributed by atoms with E-state index in [9.17, 15) is 0 Å². The molecule has 0 unspecified atom stereocenters. The van der Waals surface area contributed by atoms with E-state index >= 15 is 0 Å². The Hall–Kier alpha value is 0.390. The van der Waals surface area contributed by atoms with Gasteiger partial charge in [0, 0.05) is 15.9 Å². The van der Waals surface area contributed by atoms with Crippen LogP contribution >= 0.6 is 38.9 Å². The van der Waals surface area contributed by atoms with Crippen molar-refractivity contribution in [2.75, 3.05) is 27.2 Å². The fourth-order valence-electron chi connectivity index (χ4n) is 1.34. The zero-order valence-electron chi connectivity index (χ0n) is 9.02. The Labute approximate surface area is 109 Å². The highest BCUT2D eigenvalue weighted by atomic mass is 79.9. The molecule has 1 aromatic rings. The molecule has 5 heteroatoms. The Bertz CT molecular complexity index is 284. The Balaban J connectivity index is 2.34. The van der Waals surface area contributed by atoms with Crippen LogP contribution in [0.5, 0.6) is 0 Å². The summed E-state index contributed by atoms with van der Waals surface area (Å²) in [5.74, 6) is 0. The van der Waals surface area contributed by atoms with Crippen LogP contribution in [0.2, 0.25) is 4.34 Å². The average Bonchev–Trinajstić information content (AvgIpc) is 2.46. The summed E-state index contributed by atoms with van der Waals surface area (Å²) in [6, 6.07) is 2.10. The van der Waals surface area contributed by atoms with Gasteiger partial charge >= 0.3 is 0 Å². The van der Waals surface area contributed by atoms with Gasteiger partial charge in [0.05, 0.1) is 0 Å². The zero-order valence-corrected chi connectivity index (χ0v) is 12.2. The van der Waals surface area contributed by atoms with Gasteiger partial charge in [-0.2, -0.15) is 0 Å². The van der Waals surface area contributed by atoms with Crippen molar-refractivity contribution >= 4 is 38.9 Å². The van der Waals surface area contributed by atoms with Crippen molar-refractivity contribution in [1.82, 2.24) is 10.2 Å². The molecule has 0 spiro atoms. The van der Waals surface area contributed by atoms with Crippen LogP contribution in [-0.2, 0) is 6.54 Å². The average molecular weight is 312 g/mol. The predicted molar refractivity (Wildman–Crippen MR) is 71.9 cm³/mol. The summed E-state index contributed by atoms with van der Waals surface area (Å²) >= 11 is 11.0. The first-order valence-electron chi connectivity index (χ1n) is 4.90. The molecule has 1 aromatic heterocycles. The lowest BCUT2D eigenvalue weighted by molar-refractivity contribution is 0.324. The van der Waals surface area contributed by atoms with Crippen LogP contribution in [-0.4, -0.2) is 32.1 Å². The summed E-state index contributed by atoms with van der Waals surface area (Å²) in [6.07, 6.45) is 1.17. The van der Waals surface area contributed by atoms with Crippen molar-refractivity contribution in [3.8, 4) is 0 Å². The van der Waals surface area contributed by atoms with Crippen LogP contribution in [0.1, 0.15) is 11.3 Å². The van der Waals surface area contributed by atoms with Crippen LogP contribution in [0, 0.1) is 0 Å². The van der Waals surface area contributed by atoms with Crippen LogP contribution in [0.4, 0.5) is 0 Å². The van der Waals surface area contributed by atoms with Gasteiger partial charge in [0.25, 0.3) is 0 Å². The minimum Gasteiger partial charge on any atom is -0.320 e. The molecular weight excluding hydrogens is 296 g/mol. The summed E-state index contributed by atoms with van der Waals surface area (Å²) < 4.78 is 1.85. The van der Waals surface area contributed by atoms with E-state index in [1.54, 1.807) is 11.3 Å². The van der Waals surface area contributed by atoms with Crippen molar-refractivity contribution in [2.24, 2.45) is 0 Å². The molecule has 0 saturated heterocycles. The third-order valence-electron chi connectivity index (χ3n) is 2.09. The highest BCUT2D eigenvalue weighted by Gasteiger charge is 2.06. The minimum absolute atomic E-state index is 0.841. The number of thiophene rings is 1. The van der Waals surface area contributed by atoms with Gasteiger partial charge in [-0.1, -0.05) is 11.6 Å². The standard InChI is InChI=1S/C10H16BrClN2S/c1-13-4-3-5-14(2)7-8-6-9(11)10(12)15-8/h6,13H,3-5,7H2,1-2H3. The topological polar surface area (TPSA) is 15.3 Å². The van der Waals surface area contributed by atoms with E-state index in [4.69, 9.17) is 11.6 Å². The molecule has 15 heavy (non-hydrogen) atoms. The summed E-state index contributed by atoms with van der Waals surface area (Å²) in [7, 11) is 4.12. The second-order valence-electron chi connectivity index (χ2n) is 3.53. The molecule has 0 aliphatic rings. The van der Waals surface area contributed by atoms with Crippen LogP contribution < -0.4 is 5.32 Å². The lowest BCUT2D eigenvalue weighted by Crippen LogP contribution is -2.21. The first kappa shape index (κ1) is 13.5. The fraction of sp³-hybridized carbons (Fsp3) is 0.600. The van der Waals surface area contributed by atoms with Gasteiger partial charge in [-0.15, -0.1) is 11.3 Å². The fourth-order valence-corrected chi connectivity index (χ4v) is 3.21. The monoisotopic (exact) mass is 310 g/mol. The molecule has 1 heterocycles. The Kier molecular flexibility index (Phi) is 6.16. The molecule has 0 radical (unpaired) electrons. The SMILES string of the molecule is CNCCCN(C)Cc1cc(Br)c(Cl)s1. The maximum atomic E-state index is 5.98. The summed E-state index contributed by atoms with van der Waals surface area (Å²) in [6.45, 7) is 3.15. The second kappa shape index (κ2) is 6.86. The molecule has 2 nitrogen and oxygen atoms in total. The van der Waals surface area contributed by atoms with E-state index in [1.807, 2.05) is 7.05 Å². The Morgan fingerprint density at radius 1 is 1.60 bits per heavy atom. The first-order chi connectivity index (χ1) is 7.13. The normalized spacial score (nSPS) is 11.3. The van der Waals surface area contributed by atoms with Crippen LogP contribution in [0.15, 0.2) is 10.5 Å². The van der Waals surface area contributed by atoms with E-state index in [2.05, 4.69) is 39.3 Å². The summed E-state index contributed by atoms with van der Waals surface area (Å²) in [5.41, 5.74) is 0. The molecule has 86 valence electrons.